The standard InChI is InChI=1S/C9H21NO2S/c1-4-7-9-10(8-5-2)13(11,12)6-3/h4-9H2,1-3H3. The lowest BCUT2D eigenvalue weighted by Gasteiger charge is -2.20. The van der Waals surface area contributed by atoms with Gasteiger partial charge in [0.2, 0.25) is 10.0 Å². The van der Waals surface area contributed by atoms with Crippen molar-refractivity contribution in [3.63, 3.8) is 0 Å². The Labute approximate surface area is 82.2 Å². The summed E-state index contributed by atoms with van der Waals surface area (Å²) in [5.74, 6) is 0.219. The fraction of sp³-hybridized carbons (Fsp3) is 1.00. The van der Waals surface area contributed by atoms with Gasteiger partial charge < -0.3 is 0 Å². The van der Waals surface area contributed by atoms with Gasteiger partial charge in [0.15, 0.2) is 0 Å². The first-order valence-electron chi connectivity index (χ1n) is 5.06. The van der Waals surface area contributed by atoms with E-state index in [0.29, 0.717) is 13.1 Å². The van der Waals surface area contributed by atoms with Crippen LogP contribution in [0.1, 0.15) is 40.0 Å². The number of hydrogen-bond acceptors (Lipinski definition) is 2. The molecule has 0 aromatic rings. The van der Waals surface area contributed by atoms with Crippen LogP contribution in [0.25, 0.3) is 0 Å². The van der Waals surface area contributed by atoms with Gasteiger partial charge in [0.05, 0.1) is 5.75 Å². The molecule has 0 unspecified atom stereocenters. The maximum absolute atomic E-state index is 11.5. The molecule has 80 valence electrons. The van der Waals surface area contributed by atoms with Crippen molar-refractivity contribution < 1.29 is 8.42 Å². The summed E-state index contributed by atoms with van der Waals surface area (Å²) in [7, 11) is -2.96. The molecule has 0 fully saturated rings. The third-order valence-corrected chi connectivity index (χ3v) is 3.87. The van der Waals surface area contributed by atoms with Crippen molar-refractivity contribution in [3.8, 4) is 0 Å². The lowest BCUT2D eigenvalue weighted by molar-refractivity contribution is 0.403. The van der Waals surface area contributed by atoms with Crippen molar-refractivity contribution >= 4 is 10.0 Å². The molecule has 3 nitrogen and oxygen atoms in total. The highest BCUT2D eigenvalue weighted by Gasteiger charge is 2.17. The third-order valence-electron chi connectivity index (χ3n) is 1.99. The highest BCUT2D eigenvalue weighted by Crippen LogP contribution is 2.04. The number of rotatable bonds is 7. The summed E-state index contributed by atoms with van der Waals surface area (Å²) >= 11 is 0. The Morgan fingerprint density at radius 1 is 1.00 bits per heavy atom. The average Bonchev–Trinajstić information content (AvgIpc) is 2.12. The molecule has 0 saturated carbocycles. The molecule has 0 heterocycles. The van der Waals surface area contributed by atoms with E-state index in [2.05, 4.69) is 6.92 Å². The second-order valence-corrected chi connectivity index (χ2v) is 5.41. The highest BCUT2D eigenvalue weighted by molar-refractivity contribution is 7.89. The molecule has 0 aliphatic rings. The van der Waals surface area contributed by atoms with Crippen LogP contribution in [-0.2, 0) is 10.0 Å². The monoisotopic (exact) mass is 207 g/mol. The van der Waals surface area contributed by atoms with Gasteiger partial charge in [-0.25, -0.2) is 12.7 Å². The molecule has 0 rings (SSSR count). The first-order valence-corrected chi connectivity index (χ1v) is 6.67. The predicted octanol–water partition coefficient (Wildman–Crippen LogP) is 1.85. The van der Waals surface area contributed by atoms with Crippen LogP contribution in [0.3, 0.4) is 0 Å². The minimum atomic E-state index is -2.96. The topological polar surface area (TPSA) is 37.4 Å². The Kier molecular flexibility index (Phi) is 6.33. The summed E-state index contributed by atoms with van der Waals surface area (Å²) in [4.78, 5) is 0. The second kappa shape index (κ2) is 6.38. The molecule has 0 aliphatic heterocycles. The lowest BCUT2D eigenvalue weighted by Crippen LogP contribution is -2.33. The van der Waals surface area contributed by atoms with Gasteiger partial charge in [0.25, 0.3) is 0 Å². The first-order chi connectivity index (χ1) is 6.08. The summed E-state index contributed by atoms with van der Waals surface area (Å²) < 4.78 is 24.7. The van der Waals surface area contributed by atoms with Gasteiger partial charge in [-0.15, -0.1) is 0 Å². The lowest BCUT2D eigenvalue weighted by atomic mass is 10.3. The number of nitrogens with zero attached hydrogens (tertiary/aromatic N) is 1. The molecule has 0 aromatic heterocycles. The maximum Gasteiger partial charge on any atom is 0.213 e. The van der Waals surface area contributed by atoms with Crippen LogP contribution in [0.4, 0.5) is 0 Å². The van der Waals surface area contributed by atoms with Crippen LogP contribution in [0, 0.1) is 0 Å². The van der Waals surface area contributed by atoms with Crippen molar-refractivity contribution in [1.29, 1.82) is 0 Å². The zero-order valence-electron chi connectivity index (χ0n) is 8.91. The Morgan fingerprint density at radius 3 is 2.00 bits per heavy atom. The quantitative estimate of drug-likeness (QED) is 0.639. The Morgan fingerprint density at radius 2 is 1.62 bits per heavy atom. The normalized spacial score (nSPS) is 12.3. The molecule has 0 aliphatic carbocycles. The molecule has 0 amide bonds. The van der Waals surface area contributed by atoms with Crippen LogP contribution >= 0.6 is 0 Å². The Hall–Kier alpha value is -0.0900. The largest absolute Gasteiger partial charge is 0.213 e. The van der Waals surface area contributed by atoms with Gasteiger partial charge in [-0.05, 0) is 19.8 Å². The zero-order chi connectivity index (χ0) is 10.3. The SMILES string of the molecule is CCCCN(CCC)S(=O)(=O)CC. The fourth-order valence-electron chi connectivity index (χ4n) is 1.16. The molecule has 0 atom stereocenters. The van der Waals surface area contributed by atoms with E-state index in [0.717, 1.165) is 19.3 Å². The van der Waals surface area contributed by atoms with Crippen molar-refractivity contribution in [2.45, 2.75) is 40.0 Å². The zero-order valence-corrected chi connectivity index (χ0v) is 9.73. The van der Waals surface area contributed by atoms with Gasteiger partial charge in [-0.2, -0.15) is 0 Å². The van der Waals surface area contributed by atoms with Crippen LogP contribution in [-0.4, -0.2) is 31.6 Å². The van der Waals surface area contributed by atoms with Gasteiger partial charge in [-0.3, -0.25) is 0 Å². The number of sulfonamides is 1. The van der Waals surface area contributed by atoms with Crippen LogP contribution in [0.5, 0.6) is 0 Å². The summed E-state index contributed by atoms with van der Waals surface area (Å²) in [6, 6.07) is 0. The van der Waals surface area contributed by atoms with E-state index in [-0.39, 0.29) is 5.75 Å². The fourth-order valence-corrected chi connectivity index (χ4v) is 2.39. The van der Waals surface area contributed by atoms with E-state index in [1.165, 1.54) is 0 Å². The van der Waals surface area contributed by atoms with E-state index in [4.69, 9.17) is 0 Å². The van der Waals surface area contributed by atoms with Crippen molar-refractivity contribution in [3.05, 3.63) is 0 Å². The van der Waals surface area contributed by atoms with Gasteiger partial charge in [-0.1, -0.05) is 20.3 Å². The first kappa shape index (κ1) is 12.9. The van der Waals surface area contributed by atoms with Crippen molar-refractivity contribution in [2.24, 2.45) is 0 Å². The van der Waals surface area contributed by atoms with Gasteiger partial charge >= 0.3 is 0 Å². The molecule has 0 spiro atoms. The molecule has 13 heavy (non-hydrogen) atoms. The second-order valence-electron chi connectivity index (χ2n) is 3.15. The Balaban J connectivity index is 4.23. The van der Waals surface area contributed by atoms with Crippen LogP contribution in [0.2, 0.25) is 0 Å². The number of hydrogen-bond donors (Lipinski definition) is 0. The van der Waals surface area contributed by atoms with Crippen molar-refractivity contribution in [1.82, 2.24) is 4.31 Å². The van der Waals surface area contributed by atoms with Crippen LogP contribution < -0.4 is 0 Å². The molecule has 0 N–H and O–H groups in total. The summed E-state index contributed by atoms with van der Waals surface area (Å²) in [6.45, 7) is 7.12. The van der Waals surface area contributed by atoms with Crippen LogP contribution in [0.15, 0.2) is 0 Å². The molecule has 0 radical (unpaired) electrons. The summed E-state index contributed by atoms with van der Waals surface area (Å²) in [5, 5.41) is 0. The maximum atomic E-state index is 11.5. The molecule has 0 aromatic carbocycles. The Bertz CT molecular complexity index is 212. The third kappa shape index (κ3) is 4.62. The molecule has 0 saturated heterocycles. The summed E-state index contributed by atoms with van der Waals surface area (Å²) in [6.07, 6.45) is 2.89. The van der Waals surface area contributed by atoms with E-state index >= 15 is 0 Å². The molecular weight excluding hydrogens is 186 g/mol. The van der Waals surface area contributed by atoms with E-state index < -0.39 is 10.0 Å². The van der Waals surface area contributed by atoms with Crippen molar-refractivity contribution in [2.75, 3.05) is 18.8 Å². The van der Waals surface area contributed by atoms with Gasteiger partial charge in [0, 0.05) is 13.1 Å². The van der Waals surface area contributed by atoms with E-state index in [9.17, 15) is 8.42 Å². The average molecular weight is 207 g/mol. The smallest absolute Gasteiger partial charge is 0.212 e. The highest BCUT2D eigenvalue weighted by atomic mass is 32.2. The van der Waals surface area contributed by atoms with E-state index in [1.807, 2.05) is 6.92 Å². The van der Waals surface area contributed by atoms with Gasteiger partial charge in [0.1, 0.15) is 0 Å². The molecule has 4 heteroatoms. The predicted molar refractivity (Wildman–Crippen MR) is 56.2 cm³/mol. The van der Waals surface area contributed by atoms with E-state index in [1.54, 1.807) is 11.2 Å². The summed E-state index contributed by atoms with van der Waals surface area (Å²) in [5.41, 5.74) is 0. The minimum absolute atomic E-state index is 0.219. The molecular formula is C9H21NO2S. The minimum Gasteiger partial charge on any atom is -0.212 e. The number of unbranched alkanes of at least 4 members (excludes halogenated alkanes) is 1. The molecule has 0 bridgehead atoms.